The van der Waals surface area contributed by atoms with Crippen LogP contribution in [0.15, 0.2) is 18.2 Å². The minimum atomic E-state index is 0.731. The summed E-state index contributed by atoms with van der Waals surface area (Å²) in [4.78, 5) is 7.10. The Morgan fingerprint density at radius 2 is 2.29 bits per heavy atom. The molecule has 2 heterocycles. The fourth-order valence-electron chi connectivity index (χ4n) is 2.15. The average Bonchev–Trinajstić information content (AvgIpc) is 2.83. The summed E-state index contributed by atoms with van der Waals surface area (Å²) in [6.07, 6.45) is 1.32. The highest BCUT2D eigenvalue weighted by atomic mass is 32.2. The summed E-state index contributed by atoms with van der Waals surface area (Å²) >= 11 is 2.06. The smallest absolute Gasteiger partial charge is 0.0547 e. The third kappa shape index (κ3) is 3.69. The Morgan fingerprint density at radius 1 is 1.47 bits per heavy atom. The molecule has 1 unspecified atom stereocenters. The molecule has 4 heteroatoms. The van der Waals surface area contributed by atoms with E-state index >= 15 is 0 Å². The quantitative estimate of drug-likeness (QED) is 0.863. The monoisotopic (exact) mass is 251 g/mol. The van der Waals surface area contributed by atoms with Gasteiger partial charge in [-0.3, -0.25) is 9.88 Å². The SMILES string of the molecule is CNCc1cccc(CN(C)C2CCSC2)n1. The number of hydrogen-bond donors (Lipinski definition) is 1. The molecule has 0 saturated carbocycles. The number of nitrogens with zero attached hydrogens (tertiary/aromatic N) is 2. The Morgan fingerprint density at radius 3 is 3.00 bits per heavy atom. The number of rotatable bonds is 5. The van der Waals surface area contributed by atoms with Crippen molar-refractivity contribution in [3.05, 3.63) is 29.6 Å². The van der Waals surface area contributed by atoms with Crippen LogP contribution < -0.4 is 5.32 Å². The highest BCUT2D eigenvalue weighted by Gasteiger charge is 2.20. The maximum absolute atomic E-state index is 4.66. The molecule has 94 valence electrons. The first-order valence-electron chi connectivity index (χ1n) is 6.17. The molecule has 1 fully saturated rings. The van der Waals surface area contributed by atoms with E-state index in [9.17, 15) is 0 Å². The molecule has 2 rings (SSSR count). The van der Waals surface area contributed by atoms with Crippen LogP contribution in [0.1, 0.15) is 17.8 Å². The van der Waals surface area contributed by atoms with Crippen LogP contribution in [0, 0.1) is 0 Å². The summed E-state index contributed by atoms with van der Waals surface area (Å²) in [6.45, 7) is 1.81. The summed E-state index contributed by atoms with van der Waals surface area (Å²) in [5.74, 6) is 2.58. The van der Waals surface area contributed by atoms with Gasteiger partial charge < -0.3 is 5.32 Å². The van der Waals surface area contributed by atoms with Gasteiger partial charge in [0, 0.05) is 24.9 Å². The van der Waals surface area contributed by atoms with E-state index in [2.05, 4.69) is 52.2 Å². The Bertz CT molecular complexity index is 350. The van der Waals surface area contributed by atoms with E-state index in [0.29, 0.717) is 0 Å². The van der Waals surface area contributed by atoms with Gasteiger partial charge in [-0.15, -0.1) is 0 Å². The second kappa shape index (κ2) is 6.38. The maximum atomic E-state index is 4.66. The minimum absolute atomic E-state index is 0.731. The molecular weight excluding hydrogens is 230 g/mol. The van der Waals surface area contributed by atoms with Crippen LogP contribution in [-0.4, -0.2) is 41.5 Å². The first kappa shape index (κ1) is 12.9. The van der Waals surface area contributed by atoms with E-state index < -0.39 is 0 Å². The molecule has 1 aromatic heterocycles. The van der Waals surface area contributed by atoms with Crippen molar-refractivity contribution in [2.45, 2.75) is 25.6 Å². The lowest BCUT2D eigenvalue weighted by Gasteiger charge is -2.23. The van der Waals surface area contributed by atoms with Gasteiger partial charge in [-0.25, -0.2) is 0 Å². The van der Waals surface area contributed by atoms with E-state index in [1.54, 1.807) is 0 Å². The molecule has 1 aliphatic rings. The number of thioether (sulfide) groups is 1. The molecule has 0 aromatic carbocycles. The van der Waals surface area contributed by atoms with Gasteiger partial charge in [0.25, 0.3) is 0 Å². The van der Waals surface area contributed by atoms with Crippen LogP contribution in [0.4, 0.5) is 0 Å². The molecule has 1 aliphatic heterocycles. The van der Waals surface area contributed by atoms with Crippen molar-refractivity contribution in [3.63, 3.8) is 0 Å². The lowest BCUT2D eigenvalue weighted by molar-refractivity contribution is 0.251. The zero-order valence-corrected chi connectivity index (χ0v) is 11.5. The summed E-state index contributed by atoms with van der Waals surface area (Å²) in [7, 11) is 4.17. The van der Waals surface area contributed by atoms with Crippen LogP contribution in [0.3, 0.4) is 0 Å². The molecule has 0 amide bonds. The molecule has 1 N–H and O–H groups in total. The number of hydrogen-bond acceptors (Lipinski definition) is 4. The molecule has 0 aliphatic carbocycles. The van der Waals surface area contributed by atoms with Crippen LogP contribution in [0.2, 0.25) is 0 Å². The van der Waals surface area contributed by atoms with E-state index in [1.165, 1.54) is 23.6 Å². The fourth-order valence-corrected chi connectivity index (χ4v) is 3.45. The van der Waals surface area contributed by atoms with Gasteiger partial charge in [0.15, 0.2) is 0 Å². The normalized spacial score (nSPS) is 20.1. The van der Waals surface area contributed by atoms with Gasteiger partial charge in [-0.1, -0.05) is 6.07 Å². The zero-order chi connectivity index (χ0) is 12.1. The van der Waals surface area contributed by atoms with Crippen LogP contribution >= 0.6 is 11.8 Å². The summed E-state index contributed by atoms with van der Waals surface area (Å²) in [6, 6.07) is 7.03. The van der Waals surface area contributed by atoms with Crippen molar-refractivity contribution >= 4 is 11.8 Å². The molecule has 0 bridgehead atoms. The largest absolute Gasteiger partial charge is 0.314 e. The predicted octanol–water partition coefficient (Wildman–Crippen LogP) is 1.74. The van der Waals surface area contributed by atoms with E-state index in [-0.39, 0.29) is 0 Å². The van der Waals surface area contributed by atoms with E-state index in [4.69, 9.17) is 0 Å². The second-order valence-electron chi connectivity index (χ2n) is 4.58. The molecule has 1 aromatic rings. The Kier molecular flexibility index (Phi) is 4.83. The molecule has 0 spiro atoms. The first-order chi connectivity index (χ1) is 8.29. The maximum Gasteiger partial charge on any atom is 0.0547 e. The van der Waals surface area contributed by atoms with Crippen molar-refractivity contribution in [3.8, 4) is 0 Å². The lowest BCUT2D eigenvalue weighted by Crippen LogP contribution is -2.31. The number of pyridine rings is 1. The molecule has 17 heavy (non-hydrogen) atoms. The van der Waals surface area contributed by atoms with Gasteiger partial charge in [0.1, 0.15) is 0 Å². The summed E-state index contributed by atoms with van der Waals surface area (Å²) in [5.41, 5.74) is 2.30. The fraction of sp³-hybridized carbons (Fsp3) is 0.615. The number of nitrogens with one attached hydrogen (secondary N) is 1. The van der Waals surface area contributed by atoms with Crippen LogP contribution in [-0.2, 0) is 13.1 Å². The minimum Gasteiger partial charge on any atom is -0.314 e. The molecule has 1 saturated heterocycles. The summed E-state index contributed by atoms with van der Waals surface area (Å²) in [5, 5.41) is 3.14. The van der Waals surface area contributed by atoms with Crippen molar-refractivity contribution in [2.24, 2.45) is 0 Å². The number of aromatic nitrogens is 1. The van der Waals surface area contributed by atoms with E-state index in [0.717, 1.165) is 24.8 Å². The standard InChI is InChI=1S/C13H21N3S/c1-14-8-11-4-3-5-12(15-11)9-16(2)13-6-7-17-10-13/h3-5,13-14H,6-10H2,1-2H3. The average molecular weight is 251 g/mol. The Hall–Kier alpha value is -0.580. The lowest BCUT2D eigenvalue weighted by atomic mass is 10.2. The van der Waals surface area contributed by atoms with E-state index in [1.807, 2.05) is 7.05 Å². The molecule has 1 atom stereocenters. The van der Waals surface area contributed by atoms with Crippen molar-refractivity contribution in [1.29, 1.82) is 0 Å². The third-order valence-electron chi connectivity index (χ3n) is 3.16. The van der Waals surface area contributed by atoms with Gasteiger partial charge in [-0.2, -0.15) is 11.8 Å². The molecule has 3 nitrogen and oxygen atoms in total. The van der Waals surface area contributed by atoms with Crippen molar-refractivity contribution in [2.75, 3.05) is 25.6 Å². The van der Waals surface area contributed by atoms with Crippen LogP contribution in [0.5, 0.6) is 0 Å². The topological polar surface area (TPSA) is 28.2 Å². The molecular formula is C13H21N3S. The third-order valence-corrected chi connectivity index (χ3v) is 4.31. The van der Waals surface area contributed by atoms with Crippen molar-refractivity contribution < 1.29 is 0 Å². The highest BCUT2D eigenvalue weighted by molar-refractivity contribution is 7.99. The van der Waals surface area contributed by atoms with Gasteiger partial charge in [0.05, 0.1) is 11.4 Å². The first-order valence-corrected chi connectivity index (χ1v) is 7.32. The predicted molar refractivity (Wildman–Crippen MR) is 74.2 cm³/mol. The Balaban J connectivity index is 1.94. The van der Waals surface area contributed by atoms with Gasteiger partial charge >= 0.3 is 0 Å². The zero-order valence-electron chi connectivity index (χ0n) is 10.6. The second-order valence-corrected chi connectivity index (χ2v) is 5.73. The van der Waals surface area contributed by atoms with Gasteiger partial charge in [-0.05, 0) is 38.4 Å². The highest BCUT2D eigenvalue weighted by Crippen LogP contribution is 2.22. The molecule has 0 radical (unpaired) electrons. The van der Waals surface area contributed by atoms with Gasteiger partial charge in [0.2, 0.25) is 0 Å². The summed E-state index contributed by atoms with van der Waals surface area (Å²) < 4.78 is 0. The Labute approximate surface area is 108 Å². The van der Waals surface area contributed by atoms with Crippen molar-refractivity contribution in [1.82, 2.24) is 15.2 Å². The van der Waals surface area contributed by atoms with Crippen LogP contribution in [0.25, 0.3) is 0 Å².